The molecule has 0 amide bonds. The monoisotopic (exact) mass is 286 g/mol. The van der Waals surface area contributed by atoms with Crippen molar-refractivity contribution in [1.82, 2.24) is 4.98 Å². The molecule has 0 aliphatic rings. The largest absolute Gasteiger partial charge is 0.711 e. The van der Waals surface area contributed by atoms with Gasteiger partial charge in [-0.2, -0.15) is 0 Å². The Bertz CT molecular complexity index is 726. The number of furan rings is 1. The van der Waals surface area contributed by atoms with Gasteiger partial charge in [-0.1, -0.05) is 12.1 Å². The van der Waals surface area contributed by atoms with E-state index in [-0.39, 0.29) is 0 Å². The molecule has 0 atom stereocenters. The van der Waals surface area contributed by atoms with E-state index in [9.17, 15) is 5.21 Å². The first-order valence-electron chi connectivity index (χ1n) is 6.33. The Balaban J connectivity index is 1.82. The molecule has 0 bridgehead atoms. The van der Waals surface area contributed by atoms with E-state index in [1.54, 1.807) is 18.0 Å². The van der Waals surface area contributed by atoms with Gasteiger partial charge in [-0.15, -0.1) is 11.8 Å². The van der Waals surface area contributed by atoms with E-state index in [0.717, 1.165) is 27.1 Å². The molecule has 0 aliphatic carbocycles. The van der Waals surface area contributed by atoms with Crippen LogP contribution in [0.2, 0.25) is 0 Å². The SMILES string of the molecule is Cc1c2ccccc2nc(CSCc2ccco2)[n+]1[O-]. The van der Waals surface area contributed by atoms with Crippen LogP contribution in [0.15, 0.2) is 47.1 Å². The average molecular weight is 286 g/mol. The number of fused-ring (bicyclic) bond motifs is 1. The lowest BCUT2D eigenvalue weighted by atomic mass is 10.2. The maximum absolute atomic E-state index is 12.2. The van der Waals surface area contributed by atoms with Gasteiger partial charge >= 0.3 is 5.82 Å². The van der Waals surface area contributed by atoms with Crippen molar-refractivity contribution >= 4 is 22.7 Å². The number of thioether (sulfide) groups is 1. The molecular weight excluding hydrogens is 272 g/mol. The lowest BCUT2D eigenvalue weighted by Gasteiger charge is -2.10. The highest BCUT2D eigenvalue weighted by Gasteiger charge is 2.15. The van der Waals surface area contributed by atoms with Gasteiger partial charge in [0, 0.05) is 0 Å². The highest BCUT2D eigenvalue weighted by molar-refractivity contribution is 7.97. The summed E-state index contributed by atoms with van der Waals surface area (Å²) < 4.78 is 6.20. The summed E-state index contributed by atoms with van der Waals surface area (Å²) in [6.45, 7) is 1.83. The van der Waals surface area contributed by atoms with E-state index in [2.05, 4.69) is 4.98 Å². The summed E-state index contributed by atoms with van der Waals surface area (Å²) in [6, 6.07) is 11.5. The molecule has 3 rings (SSSR count). The lowest BCUT2D eigenvalue weighted by Crippen LogP contribution is -2.36. The van der Waals surface area contributed by atoms with Gasteiger partial charge in [-0.25, -0.2) is 4.73 Å². The second kappa shape index (κ2) is 5.54. The standard InChI is InChI=1S/C15H14N2O2S/c1-11-13-6-2-3-7-14(13)16-15(17(11)18)10-20-9-12-5-4-8-19-12/h2-8H,9-10H2,1H3. The fourth-order valence-corrected chi connectivity index (χ4v) is 2.92. The van der Waals surface area contributed by atoms with Gasteiger partial charge in [0.15, 0.2) is 5.52 Å². The van der Waals surface area contributed by atoms with Crippen LogP contribution in [0.3, 0.4) is 0 Å². The molecule has 5 heteroatoms. The third-order valence-corrected chi connectivity index (χ3v) is 4.09. The molecule has 20 heavy (non-hydrogen) atoms. The van der Waals surface area contributed by atoms with Crippen molar-refractivity contribution in [2.75, 3.05) is 0 Å². The first-order chi connectivity index (χ1) is 9.75. The van der Waals surface area contributed by atoms with Gasteiger partial charge < -0.3 is 9.62 Å². The zero-order valence-corrected chi connectivity index (χ0v) is 11.9. The predicted octanol–water partition coefficient (Wildman–Crippen LogP) is 3.20. The molecular formula is C15H14N2O2S. The van der Waals surface area contributed by atoms with Crippen molar-refractivity contribution in [2.24, 2.45) is 0 Å². The summed E-state index contributed by atoms with van der Waals surface area (Å²) in [5.41, 5.74) is 1.56. The Morgan fingerprint density at radius 1 is 1.20 bits per heavy atom. The first kappa shape index (κ1) is 13.0. The van der Waals surface area contributed by atoms with Crippen molar-refractivity contribution in [3.8, 4) is 0 Å². The summed E-state index contributed by atoms with van der Waals surface area (Å²) in [4.78, 5) is 4.45. The van der Waals surface area contributed by atoms with Crippen molar-refractivity contribution in [1.29, 1.82) is 0 Å². The number of aromatic nitrogens is 2. The fraction of sp³-hybridized carbons (Fsp3) is 0.200. The Morgan fingerprint density at radius 3 is 2.85 bits per heavy atom. The van der Waals surface area contributed by atoms with Crippen molar-refractivity contribution in [2.45, 2.75) is 18.4 Å². The molecule has 2 heterocycles. The van der Waals surface area contributed by atoms with E-state index in [4.69, 9.17) is 4.42 Å². The van der Waals surface area contributed by atoms with E-state index in [1.165, 1.54) is 0 Å². The van der Waals surface area contributed by atoms with Crippen LogP contribution in [0.4, 0.5) is 0 Å². The number of rotatable bonds is 4. The number of para-hydroxylation sites is 1. The van der Waals surface area contributed by atoms with Crippen molar-refractivity contribution in [3.05, 3.63) is 65.1 Å². The summed E-state index contributed by atoms with van der Waals surface area (Å²) in [5, 5.41) is 13.1. The quantitative estimate of drug-likeness (QED) is 0.546. The molecule has 0 saturated heterocycles. The normalized spacial score (nSPS) is 11.1. The summed E-state index contributed by atoms with van der Waals surface area (Å²) in [5.74, 6) is 2.75. The Morgan fingerprint density at radius 2 is 2.05 bits per heavy atom. The maximum atomic E-state index is 12.2. The topological polar surface area (TPSA) is 53.0 Å². The zero-order chi connectivity index (χ0) is 13.9. The van der Waals surface area contributed by atoms with Gasteiger partial charge in [0.2, 0.25) is 0 Å². The molecule has 102 valence electrons. The Labute approximate surface area is 121 Å². The molecule has 1 aromatic carbocycles. The van der Waals surface area contributed by atoms with Crippen LogP contribution >= 0.6 is 11.8 Å². The molecule has 0 radical (unpaired) electrons. The van der Waals surface area contributed by atoms with E-state index in [0.29, 0.717) is 17.3 Å². The molecule has 2 aromatic heterocycles. The molecule has 0 saturated carbocycles. The first-order valence-corrected chi connectivity index (χ1v) is 7.49. The highest BCUT2D eigenvalue weighted by Crippen LogP contribution is 2.18. The molecule has 0 unspecified atom stereocenters. The highest BCUT2D eigenvalue weighted by atomic mass is 32.2. The van der Waals surface area contributed by atoms with Gasteiger partial charge in [-0.05, 0) is 36.2 Å². The molecule has 4 nitrogen and oxygen atoms in total. The van der Waals surface area contributed by atoms with E-state index < -0.39 is 0 Å². The van der Waals surface area contributed by atoms with Gasteiger partial charge in [0.25, 0.3) is 0 Å². The molecule has 0 fully saturated rings. The predicted molar refractivity (Wildman–Crippen MR) is 79.1 cm³/mol. The van der Waals surface area contributed by atoms with E-state index in [1.807, 2.05) is 43.3 Å². The molecule has 0 aliphatic heterocycles. The van der Waals surface area contributed by atoms with Gasteiger partial charge in [-0.3, -0.25) is 0 Å². The lowest BCUT2D eigenvalue weighted by molar-refractivity contribution is -0.621. The van der Waals surface area contributed by atoms with Gasteiger partial charge in [0.05, 0.1) is 17.4 Å². The number of benzene rings is 1. The number of hydrogen-bond acceptors (Lipinski definition) is 4. The number of nitrogens with zero attached hydrogens (tertiary/aromatic N) is 2. The smallest absolute Gasteiger partial charge is 0.312 e. The minimum Gasteiger partial charge on any atom is -0.711 e. The van der Waals surface area contributed by atoms with Crippen LogP contribution in [0.25, 0.3) is 10.9 Å². The van der Waals surface area contributed by atoms with Crippen molar-refractivity contribution in [3.63, 3.8) is 0 Å². The van der Waals surface area contributed by atoms with Crippen LogP contribution in [-0.4, -0.2) is 4.98 Å². The van der Waals surface area contributed by atoms with E-state index >= 15 is 0 Å². The second-order valence-electron chi connectivity index (χ2n) is 4.50. The van der Waals surface area contributed by atoms with Gasteiger partial charge in [0.1, 0.15) is 17.2 Å². The van der Waals surface area contributed by atoms with Crippen LogP contribution in [0, 0.1) is 12.1 Å². The minimum absolute atomic E-state index is 0.540. The summed E-state index contributed by atoms with van der Waals surface area (Å²) in [7, 11) is 0. The van der Waals surface area contributed by atoms with Crippen molar-refractivity contribution < 1.29 is 9.15 Å². The number of hydrogen-bond donors (Lipinski definition) is 0. The molecule has 3 aromatic rings. The second-order valence-corrected chi connectivity index (χ2v) is 5.48. The fourth-order valence-electron chi connectivity index (χ4n) is 2.09. The summed E-state index contributed by atoms with van der Waals surface area (Å²) >= 11 is 1.62. The number of aryl methyl sites for hydroxylation is 1. The third kappa shape index (κ3) is 2.49. The summed E-state index contributed by atoms with van der Waals surface area (Å²) in [6.07, 6.45) is 1.65. The minimum atomic E-state index is 0.540. The van der Waals surface area contributed by atoms with Crippen LogP contribution < -0.4 is 4.73 Å². The average Bonchev–Trinajstić information content (AvgIpc) is 2.97. The third-order valence-electron chi connectivity index (χ3n) is 3.14. The Kier molecular flexibility index (Phi) is 3.60. The Hall–Kier alpha value is -2.01. The molecule has 0 N–H and O–H groups in total. The maximum Gasteiger partial charge on any atom is 0.312 e. The zero-order valence-electron chi connectivity index (χ0n) is 11.1. The van der Waals surface area contributed by atoms with Crippen LogP contribution in [0.1, 0.15) is 17.3 Å². The molecule has 0 spiro atoms. The van der Waals surface area contributed by atoms with Crippen LogP contribution in [-0.2, 0) is 11.5 Å². The van der Waals surface area contributed by atoms with Crippen LogP contribution in [0.5, 0.6) is 0 Å².